The van der Waals surface area contributed by atoms with E-state index in [1.165, 1.54) is 5.56 Å². The zero-order chi connectivity index (χ0) is 17.7. The zero-order valence-corrected chi connectivity index (χ0v) is 15.5. The van der Waals surface area contributed by atoms with Gasteiger partial charge >= 0.3 is 0 Å². The number of aryl methyl sites for hydroxylation is 1. The molecule has 6 nitrogen and oxygen atoms in total. The highest BCUT2D eigenvalue weighted by Crippen LogP contribution is 2.33. The van der Waals surface area contributed by atoms with Gasteiger partial charge in [-0.05, 0) is 36.8 Å². The number of aromatic nitrogens is 5. The third-order valence-electron chi connectivity index (χ3n) is 4.32. The molecule has 5 rings (SSSR count). The van der Waals surface area contributed by atoms with Crippen molar-refractivity contribution in [1.82, 2.24) is 24.8 Å². The van der Waals surface area contributed by atoms with Gasteiger partial charge in [-0.1, -0.05) is 36.1 Å². The molecule has 3 aromatic heterocycles. The lowest BCUT2D eigenvalue weighted by Gasteiger charge is -2.12. The van der Waals surface area contributed by atoms with Gasteiger partial charge in [0.25, 0.3) is 0 Å². The Bertz CT molecular complexity index is 1210. The minimum atomic E-state index is 0.626. The predicted octanol–water partition coefficient (Wildman–Crippen LogP) is 4.34. The highest BCUT2D eigenvalue weighted by molar-refractivity contribution is 7.98. The van der Waals surface area contributed by atoms with Gasteiger partial charge in [0.1, 0.15) is 10.5 Å². The SMILES string of the molecule is Cc1ccc2cc3c(nc2c1)Nn1c(nnc1-c1ccc[nH]c1=S)SC3. The van der Waals surface area contributed by atoms with Crippen LogP contribution in [0.4, 0.5) is 5.82 Å². The molecular formula is C18H14N6S2. The van der Waals surface area contributed by atoms with E-state index in [-0.39, 0.29) is 0 Å². The molecule has 0 spiro atoms. The van der Waals surface area contributed by atoms with Crippen molar-refractivity contribution >= 4 is 40.7 Å². The fraction of sp³-hybridized carbons (Fsp3) is 0.111. The zero-order valence-electron chi connectivity index (χ0n) is 13.9. The van der Waals surface area contributed by atoms with Crippen LogP contribution in [0.15, 0.2) is 47.8 Å². The van der Waals surface area contributed by atoms with Crippen molar-refractivity contribution in [1.29, 1.82) is 0 Å². The van der Waals surface area contributed by atoms with Crippen molar-refractivity contribution in [3.05, 3.63) is 58.4 Å². The molecule has 8 heteroatoms. The summed E-state index contributed by atoms with van der Waals surface area (Å²) in [6.07, 6.45) is 1.80. The first kappa shape index (κ1) is 15.5. The Morgan fingerprint density at radius 1 is 1.19 bits per heavy atom. The van der Waals surface area contributed by atoms with Crippen molar-refractivity contribution in [3.63, 3.8) is 0 Å². The Kier molecular flexibility index (Phi) is 3.54. The van der Waals surface area contributed by atoms with Gasteiger partial charge in [0, 0.05) is 22.9 Å². The average Bonchev–Trinajstić information content (AvgIpc) is 2.94. The highest BCUT2D eigenvalue weighted by Gasteiger charge is 2.21. The van der Waals surface area contributed by atoms with Crippen molar-refractivity contribution in [2.45, 2.75) is 17.8 Å². The summed E-state index contributed by atoms with van der Waals surface area (Å²) in [5.74, 6) is 2.27. The summed E-state index contributed by atoms with van der Waals surface area (Å²) in [5, 5.41) is 10.6. The van der Waals surface area contributed by atoms with Crippen molar-refractivity contribution < 1.29 is 0 Å². The van der Waals surface area contributed by atoms with Crippen LogP contribution in [-0.2, 0) is 5.75 Å². The predicted molar refractivity (Wildman–Crippen MR) is 106 cm³/mol. The van der Waals surface area contributed by atoms with Gasteiger partial charge in [-0.25, -0.2) is 9.66 Å². The Labute approximate surface area is 158 Å². The molecular weight excluding hydrogens is 364 g/mol. The number of benzene rings is 1. The molecule has 0 saturated heterocycles. The summed E-state index contributed by atoms with van der Waals surface area (Å²) in [4.78, 5) is 7.88. The third kappa shape index (κ3) is 2.49. The van der Waals surface area contributed by atoms with Crippen LogP contribution in [0.5, 0.6) is 0 Å². The molecule has 0 atom stereocenters. The van der Waals surface area contributed by atoms with Gasteiger partial charge in [-0.2, -0.15) is 0 Å². The highest BCUT2D eigenvalue weighted by atomic mass is 32.2. The van der Waals surface area contributed by atoms with E-state index in [4.69, 9.17) is 17.2 Å². The van der Waals surface area contributed by atoms with Crippen LogP contribution in [0.2, 0.25) is 0 Å². The lowest BCUT2D eigenvalue weighted by atomic mass is 10.1. The number of H-pyrrole nitrogens is 1. The molecule has 4 aromatic rings. The summed E-state index contributed by atoms with van der Waals surface area (Å²) >= 11 is 7.04. The fourth-order valence-electron chi connectivity index (χ4n) is 3.01. The van der Waals surface area contributed by atoms with E-state index >= 15 is 0 Å². The summed E-state index contributed by atoms with van der Waals surface area (Å²) in [6.45, 7) is 2.07. The van der Waals surface area contributed by atoms with Gasteiger partial charge in [-0.3, -0.25) is 5.43 Å². The summed E-state index contributed by atoms with van der Waals surface area (Å²) in [7, 11) is 0. The van der Waals surface area contributed by atoms with Gasteiger partial charge in [-0.15, -0.1) is 10.2 Å². The van der Waals surface area contributed by atoms with Crippen LogP contribution in [-0.4, -0.2) is 24.8 Å². The average molecular weight is 378 g/mol. The minimum Gasteiger partial charge on any atom is -0.352 e. The van der Waals surface area contributed by atoms with E-state index in [1.54, 1.807) is 18.0 Å². The Morgan fingerprint density at radius 2 is 2.12 bits per heavy atom. The number of rotatable bonds is 1. The molecule has 1 aromatic carbocycles. The Morgan fingerprint density at radius 3 is 3.00 bits per heavy atom. The molecule has 0 aliphatic carbocycles. The smallest absolute Gasteiger partial charge is 0.210 e. The van der Waals surface area contributed by atoms with Crippen LogP contribution in [0.3, 0.4) is 0 Å². The molecule has 2 N–H and O–H groups in total. The van der Waals surface area contributed by atoms with E-state index in [0.717, 1.165) is 38.8 Å². The van der Waals surface area contributed by atoms with Gasteiger partial charge in [0.15, 0.2) is 5.82 Å². The number of fused-ring (bicyclic) bond motifs is 3. The topological polar surface area (TPSA) is 71.4 Å². The Balaban J connectivity index is 1.67. The fourth-order valence-corrected chi connectivity index (χ4v) is 4.10. The molecule has 0 radical (unpaired) electrons. The van der Waals surface area contributed by atoms with Gasteiger partial charge in [0.05, 0.1) is 11.1 Å². The lowest BCUT2D eigenvalue weighted by Crippen LogP contribution is -2.13. The quantitative estimate of drug-likeness (QED) is 0.480. The van der Waals surface area contributed by atoms with E-state index in [1.807, 2.05) is 16.8 Å². The molecule has 1 aliphatic rings. The van der Waals surface area contributed by atoms with Crippen molar-refractivity contribution in [2.24, 2.45) is 0 Å². The number of hydrogen-bond donors (Lipinski definition) is 2. The van der Waals surface area contributed by atoms with E-state index in [2.05, 4.69) is 51.8 Å². The van der Waals surface area contributed by atoms with E-state index < -0.39 is 0 Å². The third-order valence-corrected chi connectivity index (χ3v) is 5.63. The second kappa shape index (κ2) is 5.93. The number of aromatic amines is 1. The van der Waals surface area contributed by atoms with E-state index in [9.17, 15) is 0 Å². The molecule has 0 fully saturated rings. The van der Waals surface area contributed by atoms with E-state index in [0.29, 0.717) is 10.5 Å². The van der Waals surface area contributed by atoms with Crippen LogP contribution < -0.4 is 5.43 Å². The molecule has 26 heavy (non-hydrogen) atoms. The van der Waals surface area contributed by atoms with Gasteiger partial charge in [0.2, 0.25) is 5.16 Å². The van der Waals surface area contributed by atoms with Crippen molar-refractivity contribution in [3.8, 4) is 11.4 Å². The number of pyridine rings is 2. The first-order valence-corrected chi connectivity index (χ1v) is 9.52. The summed E-state index contributed by atoms with van der Waals surface area (Å²) in [6, 6.07) is 12.3. The number of nitrogens with zero attached hydrogens (tertiary/aromatic N) is 4. The first-order chi connectivity index (χ1) is 12.7. The number of thioether (sulfide) groups is 1. The summed E-state index contributed by atoms with van der Waals surface area (Å²) < 4.78 is 2.49. The van der Waals surface area contributed by atoms with Crippen LogP contribution in [0.1, 0.15) is 11.1 Å². The maximum Gasteiger partial charge on any atom is 0.210 e. The Hall–Kier alpha value is -2.71. The van der Waals surface area contributed by atoms with Crippen LogP contribution in [0, 0.1) is 11.6 Å². The normalized spacial score (nSPS) is 13.0. The second-order valence-electron chi connectivity index (χ2n) is 6.15. The number of hydrogen-bond acceptors (Lipinski definition) is 6. The van der Waals surface area contributed by atoms with Crippen LogP contribution >= 0.6 is 24.0 Å². The molecule has 0 unspecified atom stereocenters. The van der Waals surface area contributed by atoms with Gasteiger partial charge < -0.3 is 4.98 Å². The van der Waals surface area contributed by atoms with Crippen LogP contribution in [0.25, 0.3) is 22.3 Å². The monoisotopic (exact) mass is 378 g/mol. The maximum absolute atomic E-state index is 5.41. The minimum absolute atomic E-state index is 0.626. The number of anilines is 1. The largest absolute Gasteiger partial charge is 0.352 e. The lowest BCUT2D eigenvalue weighted by molar-refractivity contribution is 0.824. The molecule has 1 aliphatic heterocycles. The molecule has 128 valence electrons. The second-order valence-corrected chi connectivity index (χ2v) is 7.50. The first-order valence-electron chi connectivity index (χ1n) is 8.13. The number of nitrogens with one attached hydrogen (secondary N) is 2. The standard InChI is InChI=1S/C18H14N6S2/c1-10-4-5-11-8-12-9-26-18-22-21-16(13-3-2-6-19-17(13)25)24(18)23-15(12)20-14(11)7-10/h2-8H,9H2,1H3,(H,19,25)(H,20,23). The molecule has 4 heterocycles. The van der Waals surface area contributed by atoms with Crippen molar-refractivity contribution in [2.75, 3.05) is 5.43 Å². The maximum atomic E-state index is 5.41. The summed E-state index contributed by atoms with van der Waals surface area (Å²) in [5.41, 5.74) is 7.51. The molecule has 0 amide bonds. The molecule has 0 saturated carbocycles. The molecule has 0 bridgehead atoms.